The Hall–Kier alpha value is -1.63. The molecule has 18 heavy (non-hydrogen) atoms. The summed E-state index contributed by atoms with van der Waals surface area (Å²) in [4.78, 5) is 4.09. The smallest absolute Gasteiger partial charge is 0.145 e. The van der Waals surface area contributed by atoms with Crippen LogP contribution in [0.15, 0.2) is 30.3 Å². The molecule has 0 unspecified atom stereocenters. The van der Waals surface area contributed by atoms with E-state index in [1.54, 1.807) is 18.2 Å². The van der Waals surface area contributed by atoms with Gasteiger partial charge < -0.3 is 0 Å². The van der Waals surface area contributed by atoms with Crippen molar-refractivity contribution in [1.29, 1.82) is 5.26 Å². The van der Waals surface area contributed by atoms with Gasteiger partial charge in [-0.3, -0.25) is 0 Å². The van der Waals surface area contributed by atoms with E-state index in [2.05, 4.69) is 4.98 Å². The van der Waals surface area contributed by atoms with Crippen molar-refractivity contribution in [3.8, 4) is 17.3 Å². The van der Waals surface area contributed by atoms with Crippen LogP contribution >= 0.6 is 23.2 Å². The molecule has 0 N–H and O–H groups in total. The topological polar surface area (TPSA) is 36.7 Å². The lowest BCUT2D eigenvalue weighted by Gasteiger charge is -2.07. The summed E-state index contributed by atoms with van der Waals surface area (Å²) < 4.78 is 13.4. The quantitative estimate of drug-likeness (QED) is 0.824. The summed E-state index contributed by atoms with van der Waals surface area (Å²) in [7, 11) is 0. The van der Waals surface area contributed by atoms with Crippen molar-refractivity contribution in [2.24, 2.45) is 0 Å². The minimum Gasteiger partial charge on any atom is -0.249 e. The van der Waals surface area contributed by atoms with Crippen molar-refractivity contribution in [2.45, 2.75) is 6.42 Å². The van der Waals surface area contributed by atoms with E-state index >= 15 is 0 Å². The summed E-state index contributed by atoms with van der Waals surface area (Å²) in [6.07, 6.45) is -0.0955. The predicted molar refractivity (Wildman–Crippen MR) is 69.0 cm³/mol. The van der Waals surface area contributed by atoms with Crippen molar-refractivity contribution in [3.63, 3.8) is 0 Å². The SMILES string of the molecule is N#CCc1nc(-c2c(Cl)cccc2Cl)ccc1F. The number of rotatable bonds is 2. The average molecular weight is 281 g/mol. The van der Waals surface area contributed by atoms with Gasteiger partial charge in [-0.2, -0.15) is 5.26 Å². The zero-order valence-electron chi connectivity index (χ0n) is 9.12. The van der Waals surface area contributed by atoms with E-state index in [-0.39, 0.29) is 12.1 Å². The van der Waals surface area contributed by atoms with Crippen LogP contribution in [0.5, 0.6) is 0 Å². The van der Waals surface area contributed by atoms with Gasteiger partial charge in [0.1, 0.15) is 5.82 Å². The van der Waals surface area contributed by atoms with Crippen LogP contribution in [-0.2, 0) is 6.42 Å². The van der Waals surface area contributed by atoms with Crippen LogP contribution in [0.3, 0.4) is 0 Å². The summed E-state index contributed by atoms with van der Waals surface area (Å²) in [5, 5.41) is 9.48. The van der Waals surface area contributed by atoms with Gasteiger partial charge in [0.05, 0.1) is 33.9 Å². The third-order valence-corrected chi connectivity index (χ3v) is 3.01. The summed E-state index contributed by atoms with van der Waals surface area (Å²) in [5.74, 6) is -0.511. The highest BCUT2D eigenvalue weighted by atomic mass is 35.5. The Balaban J connectivity index is 2.59. The Morgan fingerprint density at radius 2 is 1.83 bits per heavy atom. The second-order valence-electron chi connectivity index (χ2n) is 3.56. The van der Waals surface area contributed by atoms with Crippen molar-refractivity contribution >= 4 is 23.2 Å². The number of nitriles is 1. The van der Waals surface area contributed by atoms with E-state index in [9.17, 15) is 4.39 Å². The Bertz CT molecular complexity index is 615. The normalized spacial score (nSPS) is 10.1. The van der Waals surface area contributed by atoms with E-state index in [0.717, 1.165) is 0 Å². The molecule has 0 radical (unpaired) electrons. The highest BCUT2D eigenvalue weighted by Gasteiger charge is 2.12. The molecule has 0 fully saturated rings. The largest absolute Gasteiger partial charge is 0.249 e. The molecule has 0 saturated heterocycles. The van der Waals surface area contributed by atoms with E-state index in [0.29, 0.717) is 21.3 Å². The Labute approximate surface area is 114 Å². The van der Waals surface area contributed by atoms with Crippen LogP contribution in [0.4, 0.5) is 4.39 Å². The lowest BCUT2D eigenvalue weighted by Crippen LogP contribution is -1.96. The fourth-order valence-electron chi connectivity index (χ4n) is 1.56. The fraction of sp³-hybridized carbons (Fsp3) is 0.0769. The van der Waals surface area contributed by atoms with Crippen LogP contribution in [0.2, 0.25) is 10.0 Å². The highest BCUT2D eigenvalue weighted by molar-refractivity contribution is 6.39. The van der Waals surface area contributed by atoms with Gasteiger partial charge >= 0.3 is 0 Å². The van der Waals surface area contributed by atoms with Crippen LogP contribution in [0, 0.1) is 17.1 Å². The van der Waals surface area contributed by atoms with E-state index in [1.807, 2.05) is 6.07 Å². The Morgan fingerprint density at radius 3 is 2.44 bits per heavy atom. The van der Waals surface area contributed by atoms with Crippen LogP contribution in [-0.4, -0.2) is 4.98 Å². The monoisotopic (exact) mass is 280 g/mol. The maximum absolute atomic E-state index is 13.4. The maximum Gasteiger partial charge on any atom is 0.145 e. The van der Waals surface area contributed by atoms with Gasteiger partial charge in [0.2, 0.25) is 0 Å². The number of halogens is 3. The first kappa shape index (κ1) is 12.8. The zero-order valence-corrected chi connectivity index (χ0v) is 10.6. The van der Waals surface area contributed by atoms with Gasteiger partial charge in [0.15, 0.2) is 0 Å². The average Bonchev–Trinajstić information content (AvgIpc) is 2.33. The molecule has 0 aliphatic rings. The number of hydrogen-bond donors (Lipinski definition) is 0. The maximum atomic E-state index is 13.4. The number of hydrogen-bond acceptors (Lipinski definition) is 2. The first-order valence-electron chi connectivity index (χ1n) is 5.10. The molecule has 2 rings (SSSR count). The number of nitrogens with zero attached hydrogens (tertiary/aromatic N) is 2. The van der Waals surface area contributed by atoms with Gasteiger partial charge in [-0.1, -0.05) is 29.3 Å². The first-order valence-corrected chi connectivity index (χ1v) is 5.86. The first-order chi connectivity index (χ1) is 8.63. The molecule has 2 nitrogen and oxygen atoms in total. The molecular formula is C13H7Cl2FN2. The van der Waals surface area contributed by atoms with E-state index in [4.69, 9.17) is 28.5 Å². The van der Waals surface area contributed by atoms with Crippen molar-refractivity contribution in [1.82, 2.24) is 4.98 Å². The van der Waals surface area contributed by atoms with Gasteiger partial charge in [0, 0.05) is 5.56 Å². The number of pyridine rings is 1. The van der Waals surface area contributed by atoms with Crippen LogP contribution < -0.4 is 0 Å². The molecule has 0 bridgehead atoms. The number of aromatic nitrogens is 1. The van der Waals surface area contributed by atoms with Crippen LogP contribution in [0.25, 0.3) is 11.3 Å². The molecule has 1 heterocycles. The molecule has 5 heteroatoms. The minimum absolute atomic E-state index is 0.0889. The summed E-state index contributed by atoms with van der Waals surface area (Å²) >= 11 is 12.1. The van der Waals surface area contributed by atoms with Gasteiger partial charge in [-0.25, -0.2) is 9.37 Å². The molecule has 0 spiro atoms. The third-order valence-electron chi connectivity index (χ3n) is 2.38. The van der Waals surface area contributed by atoms with Crippen molar-refractivity contribution in [2.75, 3.05) is 0 Å². The van der Waals surface area contributed by atoms with Gasteiger partial charge in [0.25, 0.3) is 0 Å². The van der Waals surface area contributed by atoms with Crippen LogP contribution in [0.1, 0.15) is 5.69 Å². The molecule has 0 aliphatic heterocycles. The van der Waals surface area contributed by atoms with Crippen molar-refractivity contribution in [3.05, 3.63) is 51.9 Å². The molecule has 1 aromatic carbocycles. The molecular weight excluding hydrogens is 274 g/mol. The molecule has 90 valence electrons. The lowest BCUT2D eigenvalue weighted by atomic mass is 10.1. The summed E-state index contributed by atoms with van der Waals surface area (Å²) in [6, 6.07) is 9.69. The van der Waals surface area contributed by atoms with E-state index in [1.165, 1.54) is 12.1 Å². The van der Waals surface area contributed by atoms with Gasteiger partial charge in [-0.05, 0) is 24.3 Å². The molecule has 1 aromatic heterocycles. The van der Waals surface area contributed by atoms with Gasteiger partial charge in [-0.15, -0.1) is 0 Å². The Kier molecular flexibility index (Phi) is 3.81. The zero-order chi connectivity index (χ0) is 13.1. The van der Waals surface area contributed by atoms with Crippen molar-refractivity contribution < 1.29 is 4.39 Å². The molecule has 0 aliphatic carbocycles. The third kappa shape index (κ3) is 2.45. The molecule has 0 amide bonds. The summed E-state index contributed by atoms with van der Waals surface area (Å²) in [5.41, 5.74) is 1.09. The second kappa shape index (κ2) is 5.34. The fourth-order valence-corrected chi connectivity index (χ4v) is 2.16. The molecule has 2 aromatic rings. The highest BCUT2D eigenvalue weighted by Crippen LogP contribution is 2.33. The predicted octanol–water partition coefficient (Wildman–Crippen LogP) is 4.26. The summed E-state index contributed by atoms with van der Waals surface area (Å²) in [6.45, 7) is 0. The molecule has 0 atom stereocenters. The van der Waals surface area contributed by atoms with E-state index < -0.39 is 5.82 Å². The Morgan fingerprint density at radius 1 is 1.17 bits per heavy atom. The molecule has 0 saturated carbocycles. The lowest BCUT2D eigenvalue weighted by molar-refractivity contribution is 0.606. The minimum atomic E-state index is -0.511. The standard InChI is InChI=1S/C13H7Cl2FN2/c14-8-2-1-3-9(15)13(8)12-5-4-10(16)11(18-12)6-7-17/h1-5H,6H2. The number of benzene rings is 1. The second-order valence-corrected chi connectivity index (χ2v) is 4.37.